The maximum Gasteiger partial charge on any atom is 0.194 e. The van der Waals surface area contributed by atoms with Gasteiger partial charge in [-0.3, -0.25) is 0 Å². The third kappa shape index (κ3) is 2.05. The molecule has 2 aromatic heterocycles. The van der Waals surface area contributed by atoms with Crippen LogP contribution in [0.4, 0.5) is 0 Å². The van der Waals surface area contributed by atoms with Crippen LogP contribution in [0.1, 0.15) is 5.69 Å². The smallest absolute Gasteiger partial charge is 0.194 e. The van der Waals surface area contributed by atoms with Crippen LogP contribution in [0.25, 0.3) is 11.2 Å². The van der Waals surface area contributed by atoms with Gasteiger partial charge >= 0.3 is 0 Å². The monoisotopic (exact) mass is 240 g/mol. The lowest BCUT2D eigenvalue weighted by atomic mass is 10.3. The number of aromatic nitrogens is 3. The third-order valence-corrected chi connectivity index (χ3v) is 3.12. The summed E-state index contributed by atoms with van der Waals surface area (Å²) in [5.41, 5.74) is 7.46. The Bertz CT molecular complexity index is 617. The molecule has 6 nitrogen and oxygen atoms in total. The Hall–Kier alpha value is -1.47. The standard InChI is InChI=1S/C9H12N4O2S/c1-16(14,15)8-5-11-9-7(13-8)4-6(12-9)2-3-10/h4-5H,2-3,10H2,1H3,(H,11,12). The van der Waals surface area contributed by atoms with Crippen molar-refractivity contribution in [3.63, 3.8) is 0 Å². The maximum atomic E-state index is 11.3. The van der Waals surface area contributed by atoms with Gasteiger partial charge in [-0.25, -0.2) is 18.4 Å². The summed E-state index contributed by atoms with van der Waals surface area (Å²) < 4.78 is 22.6. The van der Waals surface area contributed by atoms with E-state index in [1.807, 2.05) is 0 Å². The average molecular weight is 240 g/mol. The highest BCUT2D eigenvalue weighted by molar-refractivity contribution is 7.90. The second-order valence-corrected chi connectivity index (χ2v) is 5.51. The van der Waals surface area contributed by atoms with Crippen LogP contribution in [-0.4, -0.2) is 36.2 Å². The van der Waals surface area contributed by atoms with Crippen LogP contribution in [0.2, 0.25) is 0 Å². The van der Waals surface area contributed by atoms with Crippen molar-refractivity contribution in [2.45, 2.75) is 11.4 Å². The first-order chi connectivity index (χ1) is 7.50. The molecule has 0 aliphatic carbocycles. The fourth-order valence-corrected chi connectivity index (χ4v) is 1.91. The number of nitrogens with zero attached hydrogens (tertiary/aromatic N) is 2. The van der Waals surface area contributed by atoms with E-state index in [0.29, 0.717) is 24.1 Å². The molecule has 0 saturated heterocycles. The van der Waals surface area contributed by atoms with Gasteiger partial charge in [0.05, 0.1) is 6.20 Å². The number of hydrogen-bond acceptors (Lipinski definition) is 5. The lowest BCUT2D eigenvalue weighted by Gasteiger charge is -1.95. The molecule has 86 valence electrons. The Kier molecular flexibility index (Phi) is 2.64. The topological polar surface area (TPSA) is 102 Å². The van der Waals surface area contributed by atoms with E-state index in [-0.39, 0.29) is 5.03 Å². The van der Waals surface area contributed by atoms with E-state index in [4.69, 9.17) is 5.73 Å². The van der Waals surface area contributed by atoms with Crippen molar-refractivity contribution in [3.05, 3.63) is 18.0 Å². The molecule has 0 radical (unpaired) electrons. The van der Waals surface area contributed by atoms with Gasteiger partial charge in [-0.2, -0.15) is 0 Å². The van der Waals surface area contributed by atoms with Gasteiger partial charge in [-0.05, 0) is 19.0 Å². The molecule has 0 unspecified atom stereocenters. The quantitative estimate of drug-likeness (QED) is 0.777. The number of H-pyrrole nitrogens is 1. The number of aromatic amines is 1. The van der Waals surface area contributed by atoms with Crippen molar-refractivity contribution in [3.8, 4) is 0 Å². The van der Waals surface area contributed by atoms with E-state index in [1.54, 1.807) is 6.07 Å². The molecule has 0 aromatic carbocycles. The first kappa shape index (κ1) is 11.0. The van der Waals surface area contributed by atoms with E-state index in [0.717, 1.165) is 11.9 Å². The molecule has 0 aliphatic rings. The largest absolute Gasteiger partial charge is 0.342 e. The highest BCUT2D eigenvalue weighted by atomic mass is 32.2. The minimum Gasteiger partial charge on any atom is -0.342 e. The van der Waals surface area contributed by atoms with Gasteiger partial charge in [0.2, 0.25) is 0 Å². The number of nitrogens with two attached hydrogens (primary N) is 1. The Morgan fingerprint density at radius 3 is 2.88 bits per heavy atom. The molecule has 0 spiro atoms. The second-order valence-electron chi connectivity index (χ2n) is 3.55. The molecule has 0 saturated carbocycles. The van der Waals surface area contributed by atoms with Crippen molar-refractivity contribution in [2.24, 2.45) is 5.73 Å². The van der Waals surface area contributed by atoms with Gasteiger partial charge < -0.3 is 10.7 Å². The summed E-state index contributed by atoms with van der Waals surface area (Å²) >= 11 is 0. The van der Waals surface area contributed by atoms with E-state index < -0.39 is 9.84 Å². The van der Waals surface area contributed by atoms with Gasteiger partial charge in [0.15, 0.2) is 20.5 Å². The molecule has 3 N–H and O–H groups in total. The van der Waals surface area contributed by atoms with Gasteiger partial charge in [0.1, 0.15) is 5.52 Å². The second kappa shape index (κ2) is 3.84. The normalized spacial score (nSPS) is 12.1. The molecule has 2 heterocycles. The van der Waals surface area contributed by atoms with Crippen LogP contribution in [0, 0.1) is 0 Å². The molecule has 7 heteroatoms. The highest BCUT2D eigenvalue weighted by Gasteiger charge is 2.11. The molecule has 2 aromatic rings. The Balaban J connectivity index is 2.54. The zero-order valence-electron chi connectivity index (χ0n) is 8.77. The number of sulfone groups is 1. The van der Waals surface area contributed by atoms with E-state index >= 15 is 0 Å². The van der Waals surface area contributed by atoms with Crippen molar-refractivity contribution >= 4 is 21.0 Å². The number of rotatable bonds is 3. The molecule has 0 fully saturated rings. The Morgan fingerprint density at radius 2 is 2.25 bits per heavy atom. The number of nitrogens with one attached hydrogen (secondary N) is 1. The minimum atomic E-state index is -3.31. The predicted molar refractivity (Wildman–Crippen MR) is 59.8 cm³/mol. The minimum absolute atomic E-state index is 0.0155. The van der Waals surface area contributed by atoms with Gasteiger partial charge in [-0.1, -0.05) is 0 Å². The summed E-state index contributed by atoms with van der Waals surface area (Å²) in [6, 6.07) is 1.77. The zero-order valence-corrected chi connectivity index (χ0v) is 9.58. The average Bonchev–Trinajstić information content (AvgIpc) is 2.57. The molecular formula is C9H12N4O2S. The van der Waals surface area contributed by atoms with Crippen molar-refractivity contribution < 1.29 is 8.42 Å². The predicted octanol–water partition coefficient (Wildman–Crippen LogP) is -0.137. The van der Waals surface area contributed by atoms with Crippen LogP contribution >= 0.6 is 0 Å². The van der Waals surface area contributed by atoms with Crippen molar-refractivity contribution in [1.82, 2.24) is 15.0 Å². The molecule has 2 rings (SSSR count). The first-order valence-corrected chi connectivity index (χ1v) is 6.64. The number of fused-ring (bicyclic) bond motifs is 1. The Labute approximate surface area is 92.8 Å². The molecule has 0 amide bonds. The van der Waals surface area contributed by atoms with Crippen LogP contribution < -0.4 is 5.73 Å². The van der Waals surface area contributed by atoms with E-state index in [2.05, 4.69) is 15.0 Å². The van der Waals surface area contributed by atoms with Crippen molar-refractivity contribution in [2.75, 3.05) is 12.8 Å². The summed E-state index contributed by atoms with van der Waals surface area (Å²) in [5, 5.41) is -0.0155. The fraction of sp³-hybridized carbons (Fsp3) is 0.333. The Morgan fingerprint density at radius 1 is 1.50 bits per heavy atom. The zero-order chi connectivity index (χ0) is 11.8. The third-order valence-electron chi connectivity index (χ3n) is 2.16. The molecule has 0 bridgehead atoms. The van der Waals surface area contributed by atoms with Gasteiger partial charge in [0, 0.05) is 11.9 Å². The fourth-order valence-electron chi connectivity index (χ4n) is 1.41. The van der Waals surface area contributed by atoms with Crippen LogP contribution in [0.3, 0.4) is 0 Å². The van der Waals surface area contributed by atoms with E-state index in [9.17, 15) is 8.42 Å². The molecule has 16 heavy (non-hydrogen) atoms. The highest BCUT2D eigenvalue weighted by Crippen LogP contribution is 2.13. The lowest BCUT2D eigenvalue weighted by molar-refractivity contribution is 0.598. The van der Waals surface area contributed by atoms with Crippen molar-refractivity contribution in [1.29, 1.82) is 0 Å². The molecular weight excluding hydrogens is 228 g/mol. The molecule has 0 atom stereocenters. The maximum absolute atomic E-state index is 11.3. The van der Waals surface area contributed by atoms with E-state index in [1.165, 1.54) is 6.20 Å². The van der Waals surface area contributed by atoms with Crippen LogP contribution in [-0.2, 0) is 16.3 Å². The summed E-state index contributed by atoms with van der Waals surface area (Å²) in [6.45, 7) is 0.520. The first-order valence-electron chi connectivity index (χ1n) is 4.75. The summed E-state index contributed by atoms with van der Waals surface area (Å²) in [5.74, 6) is 0. The van der Waals surface area contributed by atoms with Crippen LogP contribution in [0.15, 0.2) is 17.3 Å². The summed E-state index contributed by atoms with van der Waals surface area (Å²) in [7, 11) is -3.31. The number of hydrogen-bond donors (Lipinski definition) is 2. The summed E-state index contributed by atoms with van der Waals surface area (Å²) in [6.07, 6.45) is 3.04. The SMILES string of the molecule is CS(=O)(=O)c1cnc2[nH]c(CCN)cc2n1. The van der Waals surface area contributed by atoms with Gasteiger partial charge in [0.25, 0.3) is 0 Å². The van der Waals surface area contributed by atoms with Crippen LogP contribution in [0.5, 0.6) is 0 Å². The summed E-state index contributed by atoms with van der Waals surface area (Å²) in [4.78, 5) is 11.1. The molecule has 0 aliphatic heterocycles. The van der Waals surface area contributed by atoms with Gasteiger partial charge in [-0.15, -0.1) is 0 Å². The lowest BCUT2D eigenvalue weighted by Crippen LogP contribution is -2.02.